The third-order valence-corrected chi connectivity index (χ3v) is 8.39. The van der Waals surface area contributed by atoms with E-state index in [0.29, 0.717) is 23.5 Å². The molecule has 3 heterocycles. The predicted molar refractivity (Wildman–Crippen MR) is 174 cm³/mol. The Morgan fingerprint density at radius 1 is 0.909 bits per heavy atom. The van der Waals surface area contributed by atoms with E-state index in [1.165, 1.54) is 0 Å². The van der Waals surface area contributed by atoms with Gasteiger partial charge in [0.1, 0.15) is 0 Å². The topological polar surface area (TPSA) is 120 Å². The van der Waals surface area contributed by atoms with Crippen molar-refractivity contribution >= 4 is 46.8 Å². The van der Waals surface area contributed by atoms with Gasteiger partial charge in [-0.3, -0.25) is 14.3 Å². The lowest BCUT2D eigenvalue weighted by Crippen LogP contribution is -2.41. The first kappa shape index (κ1) is 29.2. The number of hydrogen-bond donors (Lipinski definition) is 3. The van der Waals surface area contributed by atoms with Crippen LogP contribution in [0.3, 0.4) is 0 Å². The van der Waals surface area contributed by atoms with E-state index in [2.05, 4.69) is 15.6 Å². The summed E-state index contributed by atoms with van der Waals surface area (Å²) in [5, 5.41) is 6.83. The highest BCUT2D eigenvalue weighted by Crippen LogP contribution is 2.36. The van der Waals surface area contributed by atoms with Crippen LogP contribution in [0.1, 0.15) is 43.6 Å². The highest BCUT2D eigenvalue weighted by molar-refractivity contribution is 6.62. The van der Waals surface area contributed by atoms with E-state index in [1.807, 2.05) is 88.4 Å². The van der Waals surface area contributed by atoms with E-state index in [9.17, 15) is 9.59 Å². The minimum absolute atomic E-state index is 0.222. The van der Waals surface area contributed by atoms with Crippen LogP contribution in [0.2, 0.25) is 0 Å². The standard InChI is InChI=1S/C34H34BN5O4/c1-33(2)34(3,4)44-35(43-33)26-14-16-28(37-21-26)25-13-15-27(36)29(19-25)39-31(41)24-11-9-22(10-12-24)20-38-32(42)40-18-17-23-7-5-6-8-30(23)40/h5-19,21H,20,36H2,1-4H3,(H,38,42)(H,39,41). The lowest BCUT2D eigenvalue weighted by Gasteiger charge is -2.32. The molecule has 5 aromatic rings. The van der Waals surface area contributed by atoms with E-state index in [4.69, 9.17) is 15.0 Å². The molecule has 0 unspecified atom stereocenters. The van der Waals surface area contributed by atoms with Crippen LogP contribution >= 0.6 is 0 Å². The number of nitrogens with two attached hydrogens (primary N) is 1. The van der Waals surface area contributed by atoms with Gasteiger partial charge in [0.15, 0.2) is 0 Å². The summed E-state index contributed by atoms with van der Waals surface area (Å²) < 4.78 is 13.8. The van der Waals surface area contributed by atoms with Crippen LogP contribution in [0.5, 0.6) is 0 Å². The van der Waals surface area contributed by atoms with Gasteiger partial charge in [-0.25, -0.2) is 4.79 Å². The summed E-state index contributed by atoms with van der Waals surface area (Å²) in [6.45, 7) is 8.38. The summed E-state index contributed by atoms with van der Waals surface area (Å²) in [6, 6.07) is 25.7. The van der Waals surface area contributed by atoms with Crippen molar-refractivity contribution in [3.05, 3.63) is 108 Å². The lowest BCUT2D eigenvalue weighted by molar-refractivity contribution is 0.00578. The van der Waals surface area contributed by atoms with Crippen LogP contribution in [0.4, 0.5) is 16.2 Å². The predicted octanol–water partition coefficient (Wildman–Crippen LogP) is 5.59. The fourth-order valence-electron chi connectivity index (χ4n) is 5.01. The molecule has 0 spiro atoms. The Bertz CT molecular complexity index is 1830. The number of nitrogen functional groups attached to an aromatic ring is 1. The van der Waals surface area contributed by atoms with Gasteiger partial charge in [-0.05, 0) is 75.7 Å². The number of benzene rings is 3. The van der Waals surface area contributed by atoms with Crippen LogP contribution < -0.4 is 21.8 Å². The number of anilines is 2. The lowest BCUT2D eigenvalue weighted by atomic mass is 9.80. The summed E-state index contributed by atoms with van der Waals surface area (Å²) in [5.74, 6) is -0.299. The van der Waals surface area contributed by atoms with Crippen LogP contribution in [-0.4, -0.2) is 39.8 Å². The number of para-hydroxylation sites is 1. The van der Waals surface area contributed by atoms with Gasteiger partial charge in [0.2, 0.25) is 0 Å². The fraction of sp³-hybridized carbons (Fsp3) is 0.206. The molecule has 0 atom stereocenters. The van der Waals surface area contributed by atoms with Gasteiger partial charge in [0, 0.05) is 40.9 Å². The van der Waals surface area contributed by atoms with Gasteiger partial charge in [0.25, 0.3) is 5.91 Å². The molecule has 222 valence electrons. The number of fused-ring (bicyclic) bond motifs is 1. The monoisotopic (exact) mass is 587 g/mol. The number of rotatable bonds is 6. The largest absolute Gasteiger partial charge is 0.496 e. The normalized spacial score (nSPS) is 15.3. The van der Waals surface area contributed by atoms with Gasteiger partial charge in [-0.2, -0.15) is 0 Å². The summed E-state index contributed by atoms with van der Waals surface area (Å²) in [5.41, 5.74) is 10.8. The molecule has 0 bridgehead atoms. The molecule has 1 fully saturated rings. The molecule has 0 aliphatic carbocycles. The first-order chi connectivity index (χ1) is 21.0. The Balaban J connectivity index is 1.09. The van der Waals surface area contributed by atoms with Crippen molar-refractivity contribution in [1.82, 2.24) is 14.9 Å². The molecule has 1 aliphatic heterocycles. The minimum atomic E-state index is -0.495. The molecule has 2 amide bonds. The summed E-state index contributed by atoms with van der Waals surface area (Å²) in [6.07, 6.45) is 3.50. The maximum absolute atomic E-state index is 13.1. The van der Waals surface area contributed by atoms with Gasteiger partial charge in [-0.1, -0.05) is 42.5 Å². The molecular formula is C34H34BN5O4. The van der Waals surface area contributed by atoms with E-state index < -0.39 is 18.3 Å². The molecule has 0 radical (unpaired) electrons. The number of nitrogens with one attached hydrogen (secondary N) is 2. The second-order valence-electron chi connectivity index (χ2n) is 11.9. The number of carbonyl (C=O) groups excluding carboxylic acids is 2. The molecule has 1 aliphatic rings. The Kier molecular flexibility index (Phi) is 7.48. The number of carbonyl (C=O) groups is 2. The van der Waals surface area contributed by atoms with Crippen molar-refractivity contribution in [3.63, 3.8) is 0 Å². The highest BCUT2D eigenvalue weighted by atomic mass is 16.7. The van der Waals surface area contributed by atoms with Crippen LogP contribution in [0.25, 0.3) is 22.2 Å². The molecule has 10 heteroatoms. The van der Waals surface area contributed by atoms with Crippen molar-refractivity contribution in [2.45, 2.75) is 45.4 Å². The highest BCUT2D eigenvalue weighted by Gasteiger charge is 2.51. The molecule has 9 nitrogen and oxygen atoms in total. The number of aromatic nitrogens is 2. The Morgan fingerprint density at radius 3 is 2.34 bits per heavy atom. The smallest absolute Gasteiger partial charge is 0.399 e. The van der Waals surface area contributed by atoms with Gasteiger partial charge in [0.05, 0.1) is 33.8 Å². The van der Waals surface area contributed by atoms with E-state index in [-0.39, 0.29) is 11.9 Å². The molecule has 2 aromatic heterocycles. The number of pyridine rings is 1. The third-order valence-electron chi connectivity index (χ3n) is 8.39. The fourth-order valence-corrected chi connectivity index (χ4v) is 5.01. The Morgan fingerprint density at radius 2 is 1.64 bits per heavy atom. The zero-order chi connectivity index (χ0) is 31.1. The van der Waals surface area contributed by atoms with Crippen molar-refractivity contribution in [2.75, 3.05) is 11.1 Å². The number of amides is 2. The Hall–Kier alpha value is -4.93. The maximum atomic E-state index is 13.1. The Labute approximate surface area is 256 Å². The second kappa shape index (κ2) is 11.3. The maximum Gasteiger partial charge on any atom is 0.496 e. The third kappa shape index (κ3) is 5.69. The molecular weight excluding hydrogens is 553 g/mol. The average Bonchev–Trinajstić information content (AvgIpc) is 3.54. The van der Waals surface area contributed by atoms with E-state index >= 15 is 0 Å². The quantitative estimate of drug-likeness (QED) is 0.176. The minimum Gasteiger partial charge on any atom is -0.399 e. The van der Waals surface area contributed by atoms with E-state index in [0.717, 1.165) is 33.2 Å². The van der Waals surface area contributed by atoms with Gasteiger partial charge in [-0.15, -0.1) is 0 Å². The molecule has 6 rings (SSSR count). The molecule has 0 saturated carbocycles. The van der Waals surface area contributed by atoms with Gasteiger partial charge < -0.3 is 25.7 Å². The number of nitrogens with zero attached hydrogens (tertiary/aromatic N) is 2. The SMILES string of the molecule is CC1(C)OB(c2ccc(-c3ccc(N)c(NC(=O)c4ccc(CNC(=O)n5ccc6ccccc65)cc4)c3)nc2)OC1(C)C. The average molecular weight is 587 g/mol. The first-order valence-electron chi connectivity index (χ1n) is 14.5. The molecule has 4 N–H and O–H groups in total. The molecule has 3 aromatic carbocycles. The summed E-state index contributed by atoms with van der Waals surface area (Å²) in [7, 11) is -0.495. The zero-order valence-electron chi connectivity index (χ0n) is 25.1. The number of hydrogen-bond acceptors (Lipinski definition) is 6. The van der Waals surface area contributed by atoms with Crippen molar-refractivity contribution in [2.24, 2.45) is 0 Å². The van der Waals surface area contributed by atoms with Gasteiger partial charge >= 0.3 is 13.1 Å². The molecule has 44 heavy (non-hydrogen) atoms. The van der Waals surface area contributed by atoms with Crippen LogP contribution in [0, 0.1) is 0 Å². The second-order valence-corrected chi connectivity index (χ2v) is 11.9. The van der Waals surface area contributed by atoms with Crippen molar-refractivity contribution < 1.29 is 18.9 Å². The van der Waals surface area contributed by atoms with Crippen LogP contribution in [-0.2, 0) is 15.9 Å². The zero-order valence-corrected chi connectivity index (χ0v) is 25.1. The van der Waals surface area contributed by atoms with Crippen molar-refractivity contribution in [1.29, 1.82) is 0 Å². The van der Waals surface area contributed by atoms with Crippen LogP contribution in [0.15, 0.2) is 97.3 Å². The first-order valence-corrected chi connectivity index (χ1v) is 14.5. The van der Waals surface area contributed by atoms with E-state index in [1.54, 1.807) is 41.2 Å². The summed E-state index contributed by atoms with van der Waals surface area (Å²) >= 11 is 0. The summed E-state index contributed by atoms with van der Waals surface area (Å²) in [4.78, 5) is 30.4. The van der Waals surface area contributed by atoms with Crippen molar-refractivity contribution in [3.8, 4) is 11.3 Å². The molecule has 1 saturated heterocycles.